The highest BCUT2D eigenvalue weighted by atomic mass is 35.5. The van der Waals surface area contributed by atoms with Crippen molar-refractivity contribution >= 4 is 22.9 Å². The van der Waals surface area contributed by atoms with E-state index in [1.165, 1.54) is 0 Å². The molecule has 0 aliphatic heterocycles. The van der Waals surface area contributed by atoms with Crippen LogP contribution in [0.1, 0.15) is 16.5 Å². The Hall–Kier alpha value is -1.23. The zero-order chi connectivity index (χ0) is 13.8. The van der Waals surface area contributed by atoms with E-state index in [9.17, 15) is 0 Å². The smallest absolute Gasteiger partial charge is 0.124 e. The Labute approximate surface area is 122 Å². The molecule has 0 aliphatic rings. The van der Waals surface area contributed by atoms with Crippen LogP contribution in [-0.4, -0.2) is 21.3 Å². The van der Waals surface area contributed by atoms with Crippen molar-refractivity contribution in [3.8, 4) is 11.5 Å². The summed E-state index contributed by atoms with van der Waals surface area (Å²) in [5, 5.41) is 3.29. The van der Waals surface area contributed by atoms with Crippen molar-refractivity contribution in [2.75, 3.05) is 21.3 Å². The van der Waals surface area contributed by atoms with E-state index in [0.717, 1.165) is 26.3 Å². The molecular weight excluding hydrogens is 282 g/mol. The summed E-state index contributed by atoms with van der Waals surface area (Å²) < 4.78 is 11.5. The second-order valence-corrected chi connectivity index (χ2v) is 5.72. The molecule has 0 saturated carbocycles. The highest BCUT2D eigenvalue weighted by Gasteiger charge is 2.19. The van der Waals surface area contributed by atoms with Gasteiger partial charge in [-0.2, -0.15) is 0 Å². The molecule has 0 bridgehead atoms. The first-order chi connectivity index (χ1) is 9.19. The van der Waals surface area contributed by atoms with Gasteiger partial charge in [0.15, 0.2) is 0 Å². The third kappa shape index (κ3) is 3.03. The molecule has 5 heteroatoms. The molecule has 0 amide bonds. The van der Waals surface area contributed by atoms with E-state index in [1.807, 2.05) is 37.4 Å². The summed E-state index contributed by atoms with van der Waals surface area (Å²) in [6.07, 6.45) is 0. The predicted molar refractivity (Wildman–Crippen MR) is 79.8 cm³/mol. The molecule has 1 atom stereocenters. The molecule has 0 spiro atoms. The second-order valence-electron chi connectivity index (χ2n) is 3.97. The van der Waals surface area contributed by atoms with Crippen molar-refractivity contribution in [3.63, 3.8) is 0 Å². The second kappa shape index (κ2) is 6.28. The van der Waals surface area contributed by atoms with Crippen LogP contribution < -0.4 is 14.8 Å². The number of nitrogens with one attached hydrogen (secondary N) is 1. The van der Waals surface area contributed by atoms with Crippen LogP contribution in [0.5, 0.6) is 11.5 Å². The van der Waals surface area contributed by atoms with Crippen LogP contribution in [0.4, 0.5) is 0 Å². The summed E-state index contributed by atoms with van der Waals surface area (Å²) in [6, 6.07) is 9.73. The number of ether oxygens (including phenoxy) is 2. The van der Waals surface area contributed by atoms with Crippen LogP contribution in [0, 0.1) is 0 Å². The lowest BCUT2D eigenvalue weighted by Crippen LogP contribution is -2.17. The molecular formula is C14H16ClNO2S. The minimum absolute atomic E-state index is 0.0301. The predicted octanol–water partition coefficient (Wildman–Crippen LogP) is 3.73. The summed E-state index contributed by atoms with van der Waals surface area (Å²) in [5.74, 6) is 1.63. The molecule has 19 heavy (non-hydrogen) atoms. The van der Waals surface area contributed by atoms with Crippen LogP contribution in [0.3, 0.4) is 0 Å². The van der Waals surface area contributed by atoms with Crippen LogP contribution in [0.15, 0.2) is 30.3 Å². The van der Waals surface area contributed by atoms with Gasteiger partial charge in [-0.3, -0.25) is 0 Å². The Morgan fingerprint density at radius 3 is 2.47 bits per heavy atom. The van der Waals surface area contributed by atoms with E-state index in [2.05, 4.69) is 5.32 Å². The fourth-order valence-electron chi connectivity index (χ4n) is 2.00. The molecule has 2 rings (SSSR count). The Balaban J connectivity index is 2.47. The highest BCUT2D eigenvalue weighted by Crippen LogP contribution is 2.36. The highest BCUT2D eigenvalue weighted by molar-refractivity contribution is 7.16. The maximum atomic E-state index is 6.02. The van der Waals surface area contributed by atoms with Crippen molar-refractivity contribution in [3.05, 3.63) is 45.1 Å². The zero-order valence-electron chi connectivity index (χ0n) is 11.1. The maximum absolute atomic E-state index is 6.02. The SMILES string of the molecule is CNC(c1ccc(Cl)s1)c1cc(OC)ccc1OC. The average molecular weight is 298 g/mol. The lowest BCUT2D eigenvalue weighted by atomic mass is 10.0. The molecule has 1 N–H and O–H groups in total. The van der Waals surface area contributed by atoms with Crippen molar-refractivity contribution in [1.29, 1.82) is 0 Å². The Kier molecular flexibility index (Phi) is 4.69. The minimum atomic E-state index is 0.0301. The van der Waals surface area contributed by atoms with Crippen molar-refractivity contribution in [2.45, 2.75) is 6.04 Å². The van der Waals surface area contributed by atoms with Gasteiger partial charge in [0.1, 0.15) is 11.5 Å². The molecule has 0 radical (unpaired) electrons. The summed E-state index contributed by atoms with van der Waals surface area (Å²) in [4.78, 5) is 1.14. The summed E-state index contributed by atoms with van der Waals surface area (Å²) in [5.41, 5.74) is 1.03. The summed E-state index contributed by atoms with van der Waals surface area (Å²) in [7, 11) is 5.23. The van der Waals surface area contributed by atoms with E-state index in [1.54, 1.807) is 25.6 Å². The number of hydrogen-bond donors (Lipinski definition) is 1. The van der Waals surface area contributed by atoms with Gasteiger partial charge in [-0.25, -0.2) is 0 Å². The number of halogens is 1. The lowest BCUT2D eigenvalue weighted by Gasteiger charge is -2.19. The largest absolute Gasteiger partial charge is 0.497 e. The number of benzene rings is 1. The van der Waals surface area contributed by atoms with E-state index < -0.39 is 0 Å². The van der Waals surface area contributed by atoms with Gasteiger partial charge in [0.2, 0.25) is 0 Å². The first-order valence-electron chi connectivity index (χ1n) is 5.84. The van der Waals surface area contributed by atoms with Crippen LogP contribution in [0.25, 0.3) is 0 Å². The summed E-state index contributed by atoms with van der Waals surface area (Å²) >= 11 is 7.57. The molecule has 1 aromatic carbocycles. The third-order valence-corrected chi connectivity index (χ3v) is 4.21. The molecule has 0 saturated heterocycles. The van der Waals surface area contributed by atoms with Gasteiger partial charge >= 0.3 is 0 Å². The van der Waals surface area contributed by atoms with Crippen LogP contribution in [-0.2, 0) is 0 Å². The van der Waals surface area contributed by atoms with E-state index in [4.69, 9.17) is 21.1 Å². The topological polar surface area (TPSA) is 30.5 Å². The van der Waals surface area contributed by atoms with Gasteiger partial charge in [-0.15, -0.1) is 11.3 Å². The summed E-state index contributed by atoms with van der Waals surface area (Å²) in [6.45, 7) is 0. The molecule has 3 nitrogen and oxygen atoms in total. The number of hydrogen-bond acceptors (Lipinski definition) is 4. The Morgan fingerprint density at radius 2 is 1.95 bits per heavy atom. The standard InChI is InChI=1S/C14H16ClNO2S/c1-16-14(12-6-7-13(15)19-12)10-8-9(17-2)4-5-11(10)18-3/h4-8,14,16H,1-3H3. The normalized spacial score (nSPS) is 12.2. The van der Waals surface area contributed by atoms with Gasteiger partial charge < -0.3 is 14.8 Å². The molecule has 0 fully saturated rings. The fourth-order valence-corrected chi connectivity index (χ4v) is 3.19. The molecule has 1 unspecified atom stereocenters. The van der Waals surface area contributed by atoms with Gasteiger partial charge in [-0.1, -0.05) is 11.6 Å². The van der Waals surface area contributed by atoms with Gasteiger partial charge in [-0.05, 0) is 37.4 Å². The Bertz CT molecular complexity index is 556. The van der Waals surface area contributed by atoms with E-state index in [0.29, 0.717) is 0 Å². The van der Waals surface area contributed by atoms with Gasteiger partial charge in [0.05, 0.1) is 24.6 Å². The lowest BCUT2D eigenvalue weighted by molar-refractivity contribution is 0.395. The van der Waals surface area contributed by atoms with Gasteiger partial charge in [0.25, 0.3) is 0 Å². The zero-order valence-corrected chi connectivity index (χ0v) is 12.6. The molecule has 1 heterocycles. The van der Waals surface area contributed by atoms with Crippen molar-refractivity contribution < 1.29 is 9.47 Å². The maximum Gasteiger partial charge on any atom is 0.124 e. The number of thiophene rings is 1. The third-order valence-electron chi connectivity index (χ3n) is 2.92. The van der Waals surface area contributed by atoms with Crippen LogP contribution >= 0.6 is 22.9 Å². The van der Waals surface area contributed by atoms with Crippen molar-refractivity contribution in [1.82, 2.24) is 5.32 Å². The first-order valence-corrected chi connectivity index (χ1v) is 7.03. The van der Waals surface area contributed by atoms with E-state index >= 15 is 0 Å². The van der Waals surface area contributed by atoms with Crippen LogP contribution in [0.2, 0.25) is 4.34 Å². The fraction of sp³-hybridized carbons (Fsp3) is 0.286. The molecule has 2 aromatic rings. The monoisotopic (exact) mass is 297 g/mol. The molecule has 1 aromatic heterocycles. The number of methoxy groups -OCH3 is 2. The quantitative estimate of drug-likeness (QED) is 0.912. The van der Waals surface area contributed by atoms with E-state index in [-0.39, 0.29) is 6.04 Å². The average Bonchev–Trinajstić information content (AvgIpc) is 2.86. The Morgan fingerprint density at radius 1 is 1.16 bits per heavy atom. The van der Waals surface area contributed by atoms with Crippen molar-refractivity contribution in [2.24, 2.45) is 0 Å². The minimum Gasteiger partial charge on any atom is -0.497 e. The first kappa shape index (κ1) is 14.2. The number of rotatable bonds is 5. The van der Waals surface area contributed by atoms with Gasteiger partial charge in [0, 0.05) is 10.4 Å². The molecule has 102 valence electrons. The molecule has 0 aliphatic carbocycles.